The molecule has 2 aromatic rings. The summed E-state index contributed by atoms with van der Waals surface area (Å²) < 4.78 is 7.57. The van der Waals surface area contributed by atoms with Crippen LogP contribution in [0.4, 0.5) is 0 Å². The molecule has 0 aliphatic carbocycles. The Kier molecular flexibility index (Phi) is 5.72. The number of aromatic nitrogens is 2. The van der Waals surface area contributed by atoms with Crippen LogP contribution in [0.2, 0.25) is 0 Å². The van der Waals surface area contributed by atoms with E-state index in [9.17, 15) is 0 Å². The number of aryl methyl sites for hydroxylation is 1. The van der Waals surface area contributed by atoms with E-state index in [1.165, 1.54) is 30.8 Å². The maximum atomic E-state index is 5.66. The molecule has 6 rings (SSSR count). The van der Waals surface area contributed by atoms with Gasteiger partial charge in [-0.15, -0.1) is 0 Å². The van der Waals surface area contributed by atoms with E-state index in [0.29, 0.717) is 6.04 Å². The van der Waals surface area contributed by atoms with Crippen molar-refractivity contribution in [1.29, 1.82) is 0 Å². The third-order valence-electron chi connectivity index (χ3n) is 7.13. The first kappa shape index (κ1) is 21.6. The van der Waals surface area contributed by atoms with Gasteiger partial charge in [-0.25, -0.2) is 19.7 Å². The fraction of sp³-hybridized carbons (Fsp3) is 0.462. The summed E-state index contributed by atoms with van der Waals surface area (Å²) in [4.78, 5) is 9.94. The fourth-order valence-corrected chi connectivity index (χ4v) is 5.38. The smallest absolute Gasteiger partial charge is 0.159 e. The van der Waals surface area contributed by atoms with Crippen LogP contribution >= 0.6 is 0 Å². The lowest BCUT2D eigenvalue weighted by Gasteiger charge is -2.45. The van der Waals surface area contributed by atoms with Gasteiger partial charge in [0.25, 0.3) is 0 Å². The molecular weight excluding hydrogens is 426 g/mol. The summed E-state index contributed by atoms with van der Waals surface area (Å²) in [6, 6.07) is 11.0. The number of fused-ring (bicyclic) bond motifs is 1. The molecule has 1 aromatic carbocycles. The van der Waals surface area contributed by atoms with Gasteiger partial charge in [0.1, 0.15) is 11.6 Å². The minimum absolute atomic E-state index is 0.492. The summed E-state index contributed by atoms with van der Waals surface area (Å²) >= 11 is 0. The van der Waals surface area contributed by atoms with Crippen LogP contribution in [0.3, 0.4) is 0 Å². The van der Waals surface area contributed by atoms with Crippen LogP contribution in [0.1, 0.15) is 18.4 Å². The van der Waals surface area contributed by atoms with Crippen LogP contribution in [0.15, 0.2) is 65.3 Å². The van der Waals surface area contributed by atoms with Gasteiger partial charge in [-0.2, -0.15) is 5.10 Å². The maximum absolute atomic E-state index is 5.66. The number of ether oxygens (including phenoxy) is 1. The van der Waals surface area contributed by atoms with Crippen LogP contribution < -0.4 is 0 Å². The van der Waals surface area contributed by atoms with E-state index in [2.05, 4.69) is 76.3 Å². The molecule has 8 heteroatoms. The lowest BCUT2D eigenvalue weighted by atomic mass is 10.1. The highest BCUT2D eigenvalue weighted by molar-refractivity contribution is 5.96. The standard InChI is InChI=1S/C26H33N7O/c1-20-5-3-6-21(17-20)23-8-11-31(28-23)25-18-26(30-13-15-34-16-14-30)33-24(27-25)9-12-32(33)22-7-4-10-29(2)19-22/h3,5-6,8-9,11,17-18,22H,4,7,10,12-16,19H2,1-2H3/t22-/m0/s1. The number of nitrogens with zero attached hydrogens (tertiary/aromatic N) is 7. The van der Waals surface area contributed by atoms with Crippen molar-refractivity contribution in [2.45, 2.75) is 25.8 Å². The van der Waals surface area contributed by atoms with E-state index in [4.69, 9.17) is 14.8 Å². The van der Waals surface area contributed by atoms with E-state index < -0.39 is 0 Å². The Bertz CT molecular complexity index is 1140. The largest absolute Gasteiger partial charge is 0.378 e. The first-order chi connectivity index (χ1) is 16.7. The summed E-state index contributed by atoms with van der Waals surface area (Å²) in [5, 5.41) is 9.75. The van der Waals surface area contributed by atoms with Gasteiger partial charge < -0.3 is 14.5 Å². The van der Waals surface area contributed by atoms with Gasteiger partial charge in [-0.05, 0) is 51.6 Å². The highest BCUT2D eigenvalue weighted by Gasteiger charge is 2.38. The summed E-state index contributed by atoms with van der Waals surface area (Å²) in [6.45, 7) is 8.54. The highest BCUT2D eigenvalue weighted by Crippen LogP contribution is 2.33. The van der Waals surface area contributed by atoms with Gasteiger partial charge in [-0.1, -0.05) is 23.8 Å². The van der Waals surface area contributed by atoms with Crippen LogP contribution in [-0.2, 0) is 4.74 Å². The van der Waals surface area contributed by atoms with E-state index in [1.807, 2.05) is 10.9 Å². The van der Waals surface area contributed by atoms with E-state index in [-0.39, 0.29) is 0 Å². The van der Waals surface area contributed by atoms with Crippen molar-refractivity contribution >= 4 is 5.84 Å². The topological polar surface area (TPSA) is 52.4 Å². The van der Waals surface area contributed by atoms with Crippen LogP contribution in [0.25, 0.3) is 11.3 Å². The molecule has 0 unspecified atom stereocenters. The van der Waals surface area contributed by atoms with Gasteiger partial charge in [0.2, 0.25) is 0 Å². The number of morpholine rings is 1. The number of likely N-dealkylation sites (N-methyl/N-ethyl adjacent to an activating group) is 1. The molecule has 0 spiro atoms. The number of benzene rings is 1. The van der Waals surface area contributed by atoms with Crippen molar-refractivity contribution in [2.75, 3.05) is 53.0 Å². The number of hydrogen-bond acceptors (Lipinski definition) is 7. The molecule has 0 saturated carbocycles. The quantitative estimate of drug-likeness (QED) is 0.704. The average Bonchev–Trinajstić information content (AvgIpc) is 3.52. The highest BCUT2D eigenvalue weighted by atomic mass is 16.5. The van der Waals surface area contributed by atoms with Crippen molar-refractivity contribution in [3.63, 3.8) is 0 Å². The van der Waals surface area contributed by atoms with Gasteiger partial charge >= 0.3 is 0 Å². The van der Waals surface area contributed by atoms with Gasteiger partial charge in [-0.3, -0.25) is 0 Å². The Morgan fingerprint density at radius 1 is 1.09 bits per heavy atom. The van der Waals surface area contributed by atoms with Crippen molar-refractivity contribution in [2.24, 2.45) is 4.99 Å². The minimum atomic E-state index is 0.492. The molecule has 178 valence electrons. The van der Waals surface area contributed by atoms with Gasteiger partial charge in [0.05, 0.1) is 18.9 Å². The zero-order valence-corrected chi connectivity index (χ0v) is 20.1. The summed E-state index contributed by atoms with van der Waals surface area (Å²) in [5.41, 5.74) is 3.32. The third-order valence-corrected chi connectivity index (χ3v) is 7.13. The molecule has 8 nitrogen and oxygen atoms in total. The third kappa shape index (κ3) is 4.06. The van der Waals surface area contributed by atoms with Gasteiger partial charge in [0, 0.05) is 50.1 Å². The zero-order chi connectivity index (χ0) is 23.1. The van der Waals surface area contributed by atoms with Crippen molar-refractivity contribution < 1.29 is 4.74 Å². The predicted molar refractivity (Wildman–Crippen MR) is 133 cm³/mol. The SMILES string of the molecule is Cc1cccc(-c2ccn(C3=NC4=CCN([C@H]5CCCN(C)C5)N4C(N4CCOCC4)=C3)n2)c1. The maximum Gasteiger partial charge on any atom is 0.159 e. The minimum Gasteiger partial charge on any atom is -0.378 e. The van der Waals surface area contributed by atoms with Crippen molar-refractivity contribution in [1.82, 2.24) is 29.6 Å². The molecule has 4 aliphatic rings. The van der Waals surface area contributed by atoms with Crippen molar-refractivity contribution in [3.05, 3.63) is 65.9 Å². The van der Waals surface area contributed by atoms with E-state index in [1.54, 1.807) is 0 Å². The number of likely N-dealkylation sites (tertiary alicyclic amines) is 1. The number of aliphatic imine (C=N–C) groups is 1. The van der Waals surface area contributed by atoms with Crippen molar-refractivity contribution in [3.8, 4) is 11.3 Å². The first-order valence-corrected chi connectivity index (χ1v) is 12.4. The number of piperidine rings is 1. The normalized spacial score (nSPS) is 24.1. The van der Waals surface area contributed by atoms with Crippen LogP contribution in [0.5, 0.6) is 0 Å². The number of allylic oxidation sites excluding steroid dienone is 1. The summed E-state index contributed by atoms with van der Waals surface area (Å²) in [6.07, 6.45) is 8.92. The Hall–Kier alpha value is -2.94. The van der Waals surface area contributed by atoms with Crippen LogP contribution in [-0.4, -0.2) is 94.5 Å². The Balaban J connectivity index is 1.33. The monoisotopic (exact) mass is 459 g/mol. The van der Waals surface area contributed by atoms with Gasteiger partial charge in [0.15, 0.2) is 5.84 Å². The Morgan fingerprint density at radius 2 is 1.97 bits per heavy atom. The molecule has 0 amide bonds. The second-order valence-corrected chi connectivity index (χ2v) is 9.64. The molecular formula is C26H33N7O. The number of hydrazine groups is 1. The lowest BCUT2D eigenvalue weighted by molar-refractivity contribution is -0.0411. The van der Waals surface area contributed by atoms with E-state index in [0.717, 1.165) is 62.3 Å². The molecule has 34 heavy (non-hydrogen) atoms. The molecule has 0 radical (unpaired) electrons. The summed E-state index contributed by atoms with van der Waals surface area (Å²) in [5.74, 6) is 3.03. The lowest BCUT2D eigenvalue weighted by Crippen LogP contribution is -2.54. The second-order valence-electron chi connectivity index (χ2n) is 9.64. The second kappa shape index (κ2) is 9.02. The molecule has 1 aromatic heterocycles. The average molecular weight is 460 g/mol. The first-order valence-electron chi connectivity index (χ1n) is 12.4. The molecule has 2 saturated heterocycles. The molecule has 4 aliphatic heterocycles. The number of rotatable bonds is 3. The summed E-state index contributed by atoms with van der Waals surface area (Å²) in [7, 11) is 2.23. The molecule has 0 N–H and O–H groups in total. The Labute approximate surface area is 201 Å². The Morgan fingerprint density at radius 3 is 2.79 bits per heavy atom. The number of hydrogen-bond donors (Lipinski definition) is 0. The molecule has 0 bridgehead atoms. The zero-order valence-electron chi connectivity index (χ0n) is 20.1. The van der Waals surface area contributed by atoms with E-state index >= 15 is 0 Å². The molecule has 5 heterocycles. The fourth-order valence-electron chi connectivity index (χ4n) is 5.38. The predicted octanol–water partition coefficient (Wildman–Crippen LogP) is 2.76. The molecule has 1 atom stereocenters. The van der Waals surface area contributed by atoms with Crippen LogP contribution in [0, 0.1) is 6.92 Å². The molecule has 2 fully saturated rings.